The molecule has 0 spiro atoms. The third-order valence-electron chi connectivity index (χ3n) is 3.59. The van der Waals surface area contributed by atoms with Gasteiger partial charge in [-0.05, 0) is 49.4 Å². The summed E-state index contributed by atoms with van der Waals surface area (Å²) >= 11 is 0. The SMILES string of the molecule is CCC(O)CCNC1CCc2c(O)cccc21. The highest BCUT2D eigenvalue weighted by atomic mass is 16.3. The van der Waals surface area contributed by atoms with E-state index in [2.05, 4.69) is 11.4 Å². The van der Waals surface area contributed by atoms with Crippen molar-refractivity contribution in [3.63, 3.8) is 0 Å². The maximum atomic E-state index is 9.73. The van der Waals surface area contributed by atoms with Gasteiger partial charge in [0.25, 0.3) is 0 Å². The van der Waals surface area contributed by atoms with Gasteiger partial charge in [0.15, 0.2) is 0 Å². The number of phenolic OH excluding ortho intramolecular Hbond substituents is 1. The number of nitrogens with one attached hydrogen (secondary N) is 1. The fourth-order valence-electron chi connectivity index (χ4n) is 2.48. The Morgan fingerprint density at radius 3 is 3.06 bits per heavy atom. The monoisotopic (exact) mass is 235 g/mol. The molecular formula is C14H21NO2. The first-order valence-electron chi connectivity index (χ1n) is 6.44. The molecule has 3 N–H and O–H groups in total. The van der Waals surface area contributed by atoms with Gasteiger partial charge < -0.3 is 15.5 Å². The second-order valence-corrected chi connectivity index (χ2v) is 4.74. The lowest BCUT2D eigenvalue weighted by molar-refractivity contribution is 0.158. The lowest BCUT2D eigenvalue weighted by Crippen LogP contribution is -2.23. The van der Waals surface area contributed by atoms with Gasteiger partial charge in [-0.2, -0.15) is 0 Å². The molecule has 17 heavy (non-hydrogen) atoms. The maximum absolute atomic E-state index is 9.73. The lowest BCUT2D eigenvalue weighted by atomic mass is 10.1. The normalized spacial score (nSPS) is 20.2. The summed E-state index contributed by atoms with van der Waals surface area (Å²) in [5, 5.41) is 22.7. The van der Waals surface area contributed by atoms with E-state index in [-0.39, 0.29) is 6.10 Å². The van der Waals surface area contributed by atoms with E-state index in [4.69, 9.17) is 0 Å². The molecule has 3 heteroatoms. The highest BCUT2D eigenvalue weighted by Crippen LogP contribution is 2.36. The summed E-state index contributed by atoms with van der Waals surface area (Å²) in [6.07, 6.45) is 3.38. The van der Waals surface area contributed by atoms with Gasteiger partial charge in [-0.3, -0.25) is 0 Å². The van der Waals surface area contributed by atoms with E-state index in [1.165, 1.54) is 5.56 Å². The van der Waals surface area contributed by atoms with E-state index in [0.29, 0.717) is 11.8 Å². The summed E-state index contributed by atoms with van der Waals surface area (Å²) in [7, 11) is 0. The largest absolute Gasteiger partial charge is 0.508 e. The Bertz CT molecular complexity index is 378. The van der Waals surface area contributed by atoms with Crippen molar-refractivity contribution in [2.45, 2.75) is 44.8 Å². The van der Waals surface area contributed by atoms with E-state index >= 15 is 0 Å². The molecule has 1 aliphatic rings. The number of aliphatic hydroxyl groups excluding tert-OH is 1. The summed E-state index contributed by atoms with van der Waals surface area (Å²) in [4.78, 5) is 0. The van der Waals surface area contributed by atoms with Crippen molar-refractivity contribution in [2.24, 2.45) is 0 Å². The molecule has 1 aromatic carbocycles. The highest BCUT2D eigenvalue weighted by molar-refractivity contribution is 5.44. The quantitative estimate of drug-likeness (QED) is 0.733. The number of benzene rings is 1. The summed E-state index contributed by atoms with van der Waals surface area (Å²) in [6, 6.07) is 6.06. The third-order valence-corrected chi connectivity index (χ3v) is 3.59. The highest BCUT2D eigenvalue weighted by Gasteiger charge is 2.23. The fraction of sp³-hybridized carbons (Fsp3) is 0.571. The van der Waals surface area contributed by atoms with Crippen LogP contribution >= 0.6 is 0 Å². The van der Waals surface area contributed by atoms with Crippen LogP contribution in [0.15, 0.2) is 18.2 Å². The number of aliphatic hydroxyl groups is 1. The minimum atomic E-state index is -0.201. The number of hydrogen-bond acceptors (Lipinski definition) is 3. The number of rotatable bonds is 5. The van der Waals surface area contributed by atoms with Crippen molar-refractivity contribution in [2.75, 3.05) is 6.54 Å². The van der Waals surface area contributed by atoms with Crippen molar-refractivity contribution in [1.29, 1.82) is 0 Å². The van der Waals surface area contributed by atoms with Crippen molar-refractivity contribution in [3.8, 4) is 5.75 Å². The van der Waals surface area contributed by atoms with Crippen LogP contribution in [0.1, 0.15) is 43.4 Å². The number of phenols is 1. The first-order valence-corrected chi connectivity index (χ1v) is 6.44. The first-order chi connectivity index (χ1) is 8.22. The van der Waals surface area contributed by atoms with Gasteiger partial charge in [-0.1, -0.05) is 19.1 Å². The van der Waals surface area contributed by atoms with Crippen LogP contribution in [0, 0.1) is 0 Å². The van der Waals surface area contributed by atoms with E-state index < -0.39 is 0 Å². The lowest BCUT2D eigenvalue weighted by Gasteiger charge is -2.15. The number of fused-ring (bicyclic) bond motifs is 1. The zero-order chi connectivity index (χ0) is 12.3. The standard InChI is InChI=1S/C14H21NO2/c1-2-10(16)8-9-15-13-7-6-12-11(13)4-3-5-14(12)17/h3-5,10,13,15-17H,2,6-9H2,1H3. The van der Waals surface area contributed by atoms with Crippen LogP contribution in [-0.4, -0.2) is 22.9 Å². The van der Waals surface area contributed by atoms with Crippen molar-refractivity contribution in [3.05, 3.63) is 29.3 Å². The molecule has 1 aromatic rings. The topological polar surface area (TPSA) is 52.5 Å². The molecule has 0 amide bonds. The molecule has 0 fully saturated rings. The van der Waals surface area contributed by atoms with Crippen LogP contribution in [0.3, 0.4) is 0 Å². The minimum absolute atomic E-state index is 0.201. The Morgan fingerprint density at radius 2 is 2.29 bits per heavy atom. The molecule has 3 nitrogen and oxygen atoms in total. The molecule has 0 heterocycles. The molecule has 2 rings (SSSR count). The molecule has 0 saturated carbocycles. The van der Waals surface area contributed by atoms with Gasteiger partial charge in [-0.25, -0.2) is 0 Å². The van der Waals surface area contributed by atoms with Gasteiger partial charge in [0.1, 0.15) is 5.75 Å². The van der Waals surface area contributed by atoms with Crippen LogP contribution in [0.25, 0.3) is 0 Å². The first kappa shape index (κ1) is 12.4. The van der Waals surface area contributed by atoms with Crippen LogP contribution in [0.5, 0.6) is 5.75 Å². The van der Waals surface area contributed by atoms with Crippen molar-refractivity contribution < 1.29 is 10.2 Å². The fourth-order valence-corrected chi connectivity index (χ4v) is 2.48. The molecule has 0 saturated heterocycles. The summed E-state index contributed by atoms with van der Waals surface area (Å²) in [5.41, 5.74) is 2.30. The Balaban J connectivity index is 1.91. The molecule has 2 atom stereocenters. The van der Waals surface area contributed by atoms with E-state index in [0.717, 1.165) is 37.8 Å². The molecular weight excluding hydrogens is 214 g/mol. The van der Waals surface area contributed by atoms with E-state index in [1.54, 1.807) is 6.07 Å². The van der Waals surface area contributed by atoms with Gasteiger partial charge in [-0.15, -0.1) is 0 Å². The Labute approximate surface area is 102 Å². The molecule has 0 radical (unpaired) electrons. The smallest absolute Gasteiger partial charge is 0.119 e. The average molecular weight is 235 g/mol. The second kappa shape index (κ2) is 5.52. The molecule has 0 bridgehead atoms. The van der Waals surface area contributed by atoms with Crippen LogP contribution in [-0.2, 0) is 6.42 Å². The van der Waals surface area contributed by atoms with Gasteiger partial charge in [0.05, 0.1) is 6.10 Å². The second-order valence-electron chi connectivity index (χ2n) is 4.74. The molecule has 1 aliphatic carbocycles. The van der Waals surface area contributed by atoms with Crippen molar-refractivity contribution in [1.82, 2.24) is 5.32 Å². The van der Waals surface area contributed by atoms with Crippen LogP contribution in [0.2, 0.25) is 0 Å². The Morgan fingerprint density at radius 1 is 1.47 bits per heavy atom. The van der Waals surface area contributed by atoms with Gasteiger partial charge >= 0.3 is 0 Å². The van der Waals surface area contributed by atoms with Gasteiger partial charge in [0.2, 0.25) is 0 Å². The molecule has 94 valence electrons. The van der Waals surface area contributed by atoms with E-state index in [9.17, 15) is 10.2 Å². The molecule has 0 aliphatic heterocycles. The summed E-state index contributed by atoms with van der Waals surface area (Å²) < 4.78 is 0. The predicted molar refractivity (Wildman–Crippen MR) is 68.1 cm³/mol. The van der Waals surface area contributed by atoms with Gasteiger partial charge in [0, 0.05) is 6.04 Å². The summed E-state index contributed by atoms with van der Waals surface area (Å²) in [6.45, 7) is 2.82. The number of aromatic hydroxyl groups is 1. The van der Waals surface area contributed by atoms with Crippen LogP contribution < -0.4 is 5.32 Å². The zero-order valence-electron chi connectivity index (χ0n) is 10.3. The Kier molecular flexibility index (Phi) is 4.02. The van der Waals surface area contributed by atoms with Crippen LogP contribution in [0.4, 0.5) is 0 Å². The molecule has 2 unspecified atom stereocenters. The average Bonchev–Trinajstić information content (AvgIpc) is 2.74. The number of hydrogen-bond donors (Lipinski definition) is 3. The Hall–Kier alpha value is -1.06. The maximum Gasteiger partial charge on any atom is 0.119 e. The van der Waals surface area contributed by atoms with Crippen molar-refractivity contribution >= 4 is 0 Å². The third kappa shape index (κ3) is 2.79. The zero-order valence-corrected chi connectivity index (χ0v) is 10.3. The predicted octanol–water partition coefficient (Wildman–Crippen LogP) is 2.13. The molecule has 0 aromatic heterocycles. The summed E-state index contributed by atoms with van der Waals surface area (Å²) in [5.74, 6) is 0.417. The minimum Gasteiger partial charge on any atom is -0.508 e. The van der Waals surface area contributed by atoms with E-state index in [1.807, 2.05) is 13.0 Å².